The maximum atomic E-state index is 3.74. The fourth-order valence-electron chi connectivity index (χ4n) is 2.82. The third-order valence-electron chi connectivity index (χ3n) is 4.09. The van der Waals surface area contributed by atoms with Crippen molar-refractivity contribution in [3.05, 3.63) is 69.8 Å². The molecule has 1 N–H and O–H groups in total. The van der Waals surface area contributed by atoms with E-state index in [4.69, 9.17) is 0 Å². The lowest BCUT2D eigenvalue weighted by atomic mass is 9.90. The summed E-state index contributed by atoms with van der Waals surface area (Å²) < 4.78 is 0. The standard InChI is InChI=1S/C20H27N/c1-6-11-21-20(18-12-14(2)7-9-16(18)4)19-13-15(3)8-10-17(19)5/h7-10,12-13,20-21H,6,11H2,1-5H3. The molecule has 21 heavy (non-hydrogen) atoms. The van der Waals surface area contributed by atoms with E-state index in [0.717, 1.165) is 13.0 Å². The van der Waals surface area contributed by atoms with Crippen LogP contribution in [0.5, 0.6) is 0 Å². The molecule has 1 nitrogen and oxygen atoms in total. The molecule has 2 aromatic rings. The van der Waals surface area contributed by atoms with Crippen LogP contribution in [0, 0.1) is 27.7 Å². The van der Waals surface area contributed by atoms with Crippen LogP contribution >= 0.6 is 0 Å². The average molecular weight is 281 g/mol. The number of rotatable bonds is 5. The largest absolute Gasteiger partial charge is 0.306 e. The second-order valence-corrected chi connectivity index (χ2v) is 6.11. The lowest BCUT2D eigenvalue weighted by Crippen LogP contribution is -2.25. The predicted octanol–water partition coefficient (Wildman–Crippen LogP) is 5.01. The molecule has 0 aliphatic rings. The quantitative estimate of drug-likeness (QED) is 0.812. The summed E-state index contributed by atoms with van der Waals surface area (Å²) >= 11 is 0. The summed E-state index contributed by atoms with van der Waals surface area (Å²) in [5, 5.41) is 3.74. The summed E-state index contributed by atoms with van der Waals surface area (Å²) in [7, 11) is 0. The molecule has 1 heteroatoms. The molecule has 0 fully saturated rings. The zero-order valence-corrected chi connectivity index (χ0v) is 14.0. The van der Waals surface area contributed by atoms with Crippen molar-refractivity contribution in [1.29, 1.82) is 0 Å². The number of hydrogen-bond acceptors (Lipinski definition) is 1. The van der Waals surface area contributed by atoms with Gasteiger partial charge in [0.2, 0.25) is 0 Å². The van der Waals surface area contributed by atoms with E-state index in [9.17, 15) is 0 Å². The van der Waals surface area contributed by atoms with Crippen molar-refractivity contribution in [2.75, 3.05) is 6.54 Å². The van der Waals surface area contributed by atoms with Gasteiger partial charge in [0, 0.05) is 0 Å². The Balaban J connectivity index is 2.52. The number of benzene rings is 2. The van der Waals surface area contributed by atoms with Crippen LogP contribution in [-0.2, 0) is 0 Å². The molecule has 112 valence electrons. The molecule has 0 saturated carbocycles. The summed E-state index contributed by atoms with van der Waals surface area (Å²) in [6.45, 7) is 12.0. The number of hydrogen-bond donors (Lipinski definition) is 1. The van der Waals surface area contributed by atoms with E-state index in [-0.39, 0.29) is 6.04 Å². The highest BCUT2D eigenvalue weighted by molar-refractivity contribution is 5.43. The van der Waals surface area contributed by atoms with Gasteiger partial charge >= 0.3 is 0 Å². The smallest absolute Gasteiger partial charge is 0.0582 e. The second kappa shape index (κ2) is 6.91. The molecule has 0 atom stereocenters. The van der Waals surface area contributed by atoms with E-state index < -0.39 is 0 Å². The van der Waals surface area contributed by atoms with Crippen molar-refractivity contribution in [2.45, 2.75) is 47.1 Å². The first-order valence-electron chi connectivity index (χ1n) is 7.90. The van der Waals surface area contributed by atoms with E-state index in [1.54, 1.807) is 0 Å². The molecule has 0 heterocycles. The zero-order valence-electron chi connectivity index (χ0n) is 14.0. The van der Waals surface area contributed by atoms with Crippen molar-refractivity contribution in [2.24, 2.45) is 0 Å². The molecule has 0 unspecified atom stereocenters. The SMILES string of the molecule is CCCNC(c1cc(C)ccc1C)c1cc(C)ccc1C. The Hall–Kier alpha value is -1.60. The Kier molecular flexibility index (Phi) is 5.19. The van der Waals surface area contributed by atoms with Gasteiger partial charge in [-0.15, -0.1) is 0 Å². The molecule has 0 spiro atoms. The molecule has 0 aliphatic carbocycles. The third kappa shape index (κ3) is 3.74. The zero-order chi connectivity index (χ0) is 15.4. The Morgan fingerprint density at radius 1 is 0.810 bits per heavy atom. The van der Waals surface area contributed by atoms with Gasteiger partial charge in [0.05, 0.1) is 6.04 Å². The van der Waals surface area contributed by atoms with Gasteiger partial charge in [0.25, 0.3) is 0 Å². The van der Waals surface area contributed by atoms with Crippen LogP contribution in [-0.4, -0.2) is 6.54 Å². The fraction of sp³-hybridized carbons (Fsp3) is 0.400. The maximum absolute atomic E-state index is 3.74. The summed E-state index contributed by atoms with van der Waals surface area (Å²) in [4.78, 5) is 0. The maximum Gasteiger partial charge on any atom is 0.0582 e. The molecule has 2 aromatic carbocycles. The Labute approximate surface area is 129 Å². The van der Waals surface area contributed by atoms with Crippen LogP contribution in [0.1, 0.15) is 52.8 Å². The molecular weight excluding hydrogens is 254 g/mol. The first-order valence-corrected chi connectivity index (χ1v) is 7.90. The van der Waals surface area contributed by atoms with Gasteiger partial charge < -0.3 is 5.32 Å². The van der Waals surface area contributed by atoms with Gasteiger partial charge in [-0.1, -0.05) is 54.4 Å². The van der Waals surface area contributed by atoms with Gasteiger partial charge in [-0.3, -0.25) is 0 Å². The van der Waals surface area contributed by atoms with Crippen LogP contribution in [0.2, 0.25) is 0 Å². The Morgan fingerprint density at radius 3 is 1.71 bits per heavy atom. The fourth-order valence-corrected chi connectivity index (χ4v) is 2.82. The van der Waals surface area contributed by atoms with E-state index in [1.807, 2.05) is 0 Å². The van der Waals surface area contributed by atoms with Crippen molar-refractivity contribution in [3.63, 3.8) is 0 Å². The van der Waals surface area contributed by atoms with Crippen LogP contribution in [0.4, 0.5) is 0 Å². The molecular formula is C20H27N. The first-order chi connectivity index (χ1) is 10.0. The van der Waals surface area contributed by atoms with Crippen molar-refractivity contribution in [3.8, 4) is 0 Å². The normalized spacial score (nSPS) is 11.1. The number of nitrogens with one attached hydrogen (secondary N) is 1. The van der Waals surface area contributed by atoms with Crippen LogP contribution in [0.25, 0.3) is 0 Å². The van der Waals surface area contributed by atoms with E-state index in [1.165, 1.54) is 33.4 Å². The number of aryl methyl sites for hydroxylation is 4. The van der Waals surface area contributed by atoms with E-state index in [2.05, 4.69) is 76.3 Å². The summed E-state index contributed by atoms with van der Waals surface area (Å²) in [5.74, 6) is 0. The molecule has 0 aliphatic heterocycles. The molecule has 0 saturated heterocycles. The van der Waals surface area contributed by atoms with Gasteiger partial charge in [0.15, 0.2) is 0 Å². The highest BCUT2D eigenvalue weighted by Gasteiger charge is 2.17. The summed E-state index contributed by atoms with van der Waals surface area (Å²) in [6, 6.07) is 13.8. The molecule has 2 rings (SSSR count). The minimum absolute atomic E-state index is 0.282. The third-order valence-corrected chi connectivity index (χ3v) is 4.09. The van der Waals surface area contributed by atoms with Gasteiger partial charge in [-0.2, -0.15) is 0 Å². The average Bonchev–Trinajstić information content (AvgIpc) is 2.46. The predicted molar refractivity (Wildman–Crippen MR) is 92.0 cm³/mol. The van der Waals surface area contributed by atoms with Gasteiger partial charge in [-0.05, 0) is 62.9 Å². The van der Waals surface area contributed by atoms with Crippen molar-refractivity contribution in [1.82, 2.24) is 5.32 Å². The highest BCUT2D eigenvalue weighted by atomic mass is 14.9. The molecule has 0 radical (unpaired) electrons. The molecule has 0 bridgehead atoms. The lowest BCUT2D eigenvalue weighted by Gasteiger charge is -2.24. The first kappa shape index (κ1) is 15.8. The van der Waals surface area contributed by atoms with Crippen LogP contribution in [0.3, 0.4) is 0 Å². The lowest BCUT2D eigenvalue weighted by molar-refractivity contribution is 0.593. The van der Waals surface area contributed by atoms with Crippen molar-refractivity contribution < 1.29 is 0 Å². The minimum atomic E-state index is 0.282. The van der Waals surface area contributed by atoms with Gasteiger partial charge in [0.1, 0.15) is 0 Å². The minimum Gasteiger partial charge on any atom is -0.306 e. The highest BCUT2D eigenvalue weighted by Crippen LogP contribution is 2.28. The monoisotopic (exact) mass is 281 g/mol. The Bertz CT molecular complexity index is 562. The van der Waals surface area contributed by atoms with E-state index in [0.29, 0.717) is 0 Å². The van der Waals surface area contributed by atoms with Crippen molar-refractivity contribution >= 4 is 0 Å². The van der Waals surface area contributed by atoms with Crippen LogP contribution in [0.15, 0.2) is 36.4 Å². The van der Waals surface area contributed by atoms with E-state index >= 15 is 0 Å². The van der Waals surface area contributed by atoms with Gasteiger partial charge in [-0.25, -0.2) is 0 Å². The Morgan fingerprint density at radius 2 is 1.29 bits per heavy atom. The summed E-state index contributed by atoms with van der Waals surface area (Å²) in [6.07, 6.45) is 1.15. The topological polar surface area (TPSA) is 12.0 Å². The molecule has 0 aromatic heterocycles. The summed E-state index contributed by atoms with van der Waals surface area (Å²) in [5.41, 5.74) is 8.16. The second-order valence-electron chi connectivity index (χ2n) is 6.11. The van der Waals surface area contributed by atoms with Crippen LogP contribution < -0.4 is 5.32 Å². The molecule has 0 amide bonds.